The average molecular weight is 267 g/mol. The van der Waals surface area contributed by atoms with Crippen LogP contribution in [0.3, 0.4) is 0 Å². The molecule has 0 fully saturated rings. The van der Waals surface area contributed by atoms with Crippen LogP contribution in [0.5, 0.6) is 5.75 Å². The molecule has 0 aliphatic carbocycles. The number of rotatable bonds is 4. The first-order chi connectivity index (χ1) is 9.79. The van der Waals surface area contributed by atoms with Crippen molar-refractivity contribution in [3.8, 4) is 17.6 Å². The Labute approximate surface area is 119 Å². The van der Waals surface area contributed by atoms with Crippen LogP contribution in [0.25, 0.3) is 0 Å². The summed E-state index contributed by atoms with van der Waals surface area (Å²) in [5.41, 5.74) is 3.02. The van der Waals surface area contributed by atoms with Gasteiger partial charge in [-0.05, 0) is 36.8 Å². The van der Waals surface area contributed by atoms with Gasteiger partial charge in [0.1, 0.15) is 12.4 Å². The standard InChI is InChI=1S/C17H17NO2/c1-14-11-15(5-2-3-10-19)7-8-17(14)20-13-16-6-4-9-18-12-16/h4,6-9,11-12,19H,3,10,13H2,1H3. The van der Waals surface area contributed by atoms with Crippen LogP contribution in [0, 0.1) is 18.8 Å². The van der Waals surface area contributed by atoms with E-state index in [1.807, 2.05) is 37.3 Å². The maximum atomic E-state index is 8.69. The van der Waals surface area contributed by atoms with Gasteiger partial charge < -0.3 is 9.84 Å². The van der Waals surface area contributed by atoms with Crippen LogP contribution in [0.1, 0.15) is 23.1 Å². The van der Waals surface area contributed by atoms with Gasteiger partial charge in [0.05, 0.1) is 6.61 Å². The van der Waals surface area contributed by atoms with Gasteiger partial charge in [0.2, 0.25) is 0 Å². The number of ether oxygens (including phenoxy) is 1. The number of aliphatic hydroxyl groups excluding tert-OH is 1. The van der Waals surface area contributed by atoms with Crippen LogP contribution in [-0.2, 0) is 6.61 Å². The van der Waals surface area contributed by atoms with Gasteiger partial charge in [-0.2, -0.15) is 0 Å². The molecule has 1 aromatic carbocycles. The zero-order valence-electron chi connectivity index (χ0n) is 11.5. The molecule has 0 unspecified atom stereocenters. The first-order valence-corrected chi connectivity index (χ1v) is 6.51. The van der Waals surface area contributed by atoms with E-state index in [0.717, 1.165) is 22.4 Å². The number of aromatic nitrogens is 1. The van der Waals surface area contributed by atoms with Gasteiger partial charge in [-0.3, -0.25) is 4.98 Å². The highest BCUT2D eigenvalue weighted by Crippen LogP contribution is 2.20. The molecule has 3 nitrogen and oxygen atoms in total. The summed E-state index contributed by atoms with van der Waals surface area (Å²) < 4.78 is 5.78. The molecule has 3 heteroatoms. The van der Waals surface area contributed by atoms with Crippen molar-refractivity contribution in [2.45, 2.75) is 20.0 Å². The molecule has 20 heavy (non-hydrogen) atoms. The number of pyridine rings is 1. The number of hydrogen-bond acceptors (Lipinski definition) is 3. The highest BCUT2D eigenvalue weighted by Gasteiger charge is 2.01. The average Bonchev–Trinajstić information content (AvgIpc) is 2.48. The van der Waals surface area contributed by atoms with E-state index in [1.165, 1.54) is 0 Å². The van der Waals surface area contributed by atoms with E-state index in [4.69, 9.17) is 9.84 Å². The largest absolute Gasteiger partial charge is 0.489 e. The normalized spacial score (nSPS) is 9.70. The van der Waals surface area contributed by atoms with Gasteiger partial charge in [-0.1, -0.05) is 17.9 Å². The van der Waals surface area contributed by atoms with Crippen LogP contribution in [0.15, 0.2) is 42.7 Å². The molecule has 0 radical (unpaired) electrons. The van der Waals surface area contributed by atoms with Crippen LogP contribution < -0.4 is 4.74 Å². The molecule has 2 aromatic rings. The summed E-state index contributed by atoms with van der Waals surface area (Å²) in [6.45, 7) is 2.60. The SMILES string of the molecule is Cc1cc(C#CCCO)ccc1OCc1cccnc1. The Balaban J connectivity index is 2.01. The number of hydrogen-bond donors (Lipinski definition) is 1. The lowest BCUT2D eigenvalue weighted by molar-refractivity contribution is 0.303. The molecule has 102 valence electrons. The van der Waals surface area contributed by atoms with E-state index < -0.39 is 0 Å². The topological polar surface area (TPSA) is 42.4 Å². The Morgan fingerprint density at radius 3 is 2.90 bits per heavy atom. The fraction of sp³-hybridized carbons (Fsp3) is 0.235. The van der Waals surface area contributed by atoms with Crippen LogP contribution in [0.4, 0.5) is 0 Å². The lowest BCUT2D eigenvalue weighted by Crippen LogP contribution is -1.97. The van der Waals surface area contributed by atoms with Crippen molar-refractivity contribution in [2.75, 3.05) is 6.61 Å². The summed E-state index contributed by atoms with van der Waals surface area (Å²) in [7, 11) is 0. The van der Waals surface area contributed by atoms with E-state index in [0.29, 0.717) is 13.0 Å². The van der Waals surface area contributed by atoms with Crippen molar-refractivity contribution in [3.63, 3.8) is 0 Å². The quantitative estimate of drug-likeness (QED) is 0.866. The third-order valence-electron chi connectivity index (χ3n) is 2.76. The fourth-order valence-electron chi connectivity index (χ4n) is 1.75. The first-order valence-electron chi connectivity index (χ1n) is 6.51. The molecule has 1 N–H and O–H groups in total. The molecule has 0 aliphatic heterocycles. The minimum atomic E-state index is 0.0955. The van der Waals surface area contributed by atoms with E-state index in [1.54, 1.807) is 12.4 Å². The molecule has 0 aliphatic rings. The van der Waals surface area contributed by atoms with Crippen molar-refractivity contribution >= 4 is 0 Å². The molecule has 1 heterocycles. The van der Waals surface area contributed by atoms with E-state index in [2.05, 4.69) is 16.8 Å². The molecule has 0 atom stereocenters. The molecule has 1 aromatic heterocycles. The van der Waals surface area contributed by atoms with Gasteiger partial charge in [-0.25, -0.2) is 0 Å². The predicted octanol–water partition coefficient (Wildman–Crippen LogP) is 2.70. The van der Waals surface area contributed by atoms with Crippen molar-refractivity contribution in [1.29, 1.82) is 0 Å². The summed E-state index contributed by atoms with van der Waals surface area (Å²) in [5, 5.41) is 8.69. The number of benzene rings is 1. The van der Waals surface area contributed by atoms with Gasteiger partial charge in [0.15, 0.2) is 0 Å². The number of aliphatic hydroxyl groups is 1. The minimum absolute atomic E-state index is 0.0955. The first kappa shape index (κ1) is 14.1. The van der Waals surface area contributed by atoms with Gasteiger partial charge in [0, 0.05) is 29.9 Å². The summed E-state index contributed by atoms with van der Waals surface area (Å²) in [6.07, 6.45) is 4.04. The monoisotopic (exact) mass is 267 g/mol. The summed E-state index contributed by atoms with van der Waals surface area (Å²) in [4.78, 5) is 4.06. The summed E-state index contributed by atoms with van der Waals surface area (Å²) in [5.74, 6) is 6.77. The molecule has 0 amide bonds. The van der Waals surface area contributed by atoms with E-state index >= 15 is 0 Å². The van der Waals surface area contributed by atoms with Crippen molar-refractivity contribution in [2.24, 2.45) is 0 Å². The summed E-state index contributed by atoms with van der Waals surface area (Å²) in [6, 6.07) is 9.72. The number of aryl methyl sites for hydroxylation is 1. The Kier molecular flexibility index (Phi) is 5.16. The third-order valence-corrected chi connectivity index (χ3v) is 2.76. The van der Waals surface area contributed by atoms with Gasteiger partial charge in [0.25, 0.3) is 0 Å². The summed E-state index contributed by atoms with van der Waals surface area (Å²) >= 11 is 0. The highest BCUT2D eigenvalue weighted by molar-refractivity contribution is 5.43. The lowest BCUT2D eigenvalue weighted by atomic mass is 10.1. The Hall–Kier alpha value is -2.31. The Bertz CT molecular complexity index is 612. The Morgan fingerprint density at radius 1 is 1.30 bits per heavy atom. The van der Waals surface area contributed by atoms with Crippen LogP contribution in [-0.4, -0.2) is 16.7 Å². The van der Waals surface area contributed by atoms with Crippen molar-refractivity contribution < 1.29 is 9.84 Å². The zero-order chi connectivity index (χ0) is 14.2. The molecule has 0 spiro atoms. The number of nitrogens with zero attached hydrogens (tertiary/aromatic N) is 1. The molecular formula is C17H17NO2. The smallest absolute Gasteiger partial charge is 0.122 e. The van der Waals surface area contributed by atoms with Crippen molar-refractivity contribution in [3.05, 3.63) is 59.4 Å². The predicted molar refractivity (Wildman–Crippen MR) is 78.3 cm³/mol. The second-order valence-corrected chi connectivity index (χ2v) is 4.41. The Morgan fingerprint density at radius 2 is 2.20 bits per heavy atom. The van der Waals surface area contributed by atoms with Gasteiger partial charge >= 0.3 is 0 Å². The second kappa shape index (κ2) is 7.32. The maximum absolute atomic E-state index is 8.69. The fourth-order valence-corrected chi connectivity index (χ4v) is 1.75. The maximum Gasteiger partial charge on any atom is 0.122 e. The highest BCUT2D eigenvalue weighted by atomic mass is 16.5. The minimum Gasteiger partial charge on any atom is -0.489 e. The lowest BCUT2D eigenvalue weighted by Gasteiger charge is -2.09. The molecular weight excluding hydrogens is 250 g/mol. The molecule has 0 bridgehead atoms. The third kappa shape index (κ3) is 4.11. The van der Waals surface area contributed by atoms with E-state index in [-0.39, 0.29) is 6.61 Å². The van der Waals surface area contributed by atoms with Crippen LogP contribution in [0.2, 0.25) is 0 Å². The zero-order valence-corrected chi connectivity index (χ0v) is 11.5. The molecule has 0 saturated carbocycles. The van der Waals surface area contributed by atoms with Crippen molar-refractivity contribution in [1.82, 2.24) is 4.98 Å². The van der Waals surface area contributed by atoms with Crippen LogP contribution >= 0.6 is 0 Å². The molecule has 2 rings (SSSR count). The van der Waals surface area contributed by atoms with E-state index in [9.17, 15) is 0 Å². The second-order valence-electron chi connectivity index (χ2n) is 4.41. The molecule has 0 saturated heterocycles. The van der Waals surface area contributed by atoms with Gasteiger partial charge in [-0.15, -0.1) is 0 Å².